The molecule has 35 heavy (non-hydrogen) atoms. The molecule has 0 saturated heterocycles. The van der Waals surface area contributed by atoms with Crippen molar-refractivity contribution < 1.29 is 0 Å². The van der Waals surface area contributed by atoms with Gasteiger partial charge in [0.2, 0.25) is 0 Å². The van der Waals surface area contributed by atoms with Crippen LogP contribution in [0.1, 0.15) is 16.7 Å². The Morgan fingerprint density at radius 1 is 0.514 bits per heavy atom. The minimum atomic E-state index is 0.914. The van der Waals surface area contributed by atoms with E-state index in [0.717, 1.165) is 6.42 Å². The van der Waals surface area contributed by atoms with E-state index >= 15 is 0 Å². The highest BCUT2D eigenvalue weighted by molar-refractivity contribution is 6.10. The second-order valence-corrected chi connectivity index (χ2v) is 9.65. The van der Waals surface area contributed by atoms with Crippen LogP contribution in [-0.4, -0.2) is 9.13 Å². The Labute approximate surface area is 204 Å². The van der Waals surface area contributed by atoms with E-state index in [1.165, 1.54) is 66.0 Å². The van der Waals surface area contributed by atoms with Crippen molar-refractivity contribution in [3.8, 4) is 5.69 Å². The van der Waals surface area contributed by atoms with Crippen LogP contribution < -0.4 is 0 Å². The third-order valence-corrected chi connectivity index (χ3v) is 7.39. The highest BCUT2D eigenvalue weighted by Gasteiger charge is 2.13. The first kappa shape index (κ1) is 20.1. The number of benzene rings is 5. The maximum absolute atomic E-state index is 2.38. The van der Waals surface area contributed by atoms with Crippen LogP contribution >= 0.6 is 0 Å². The molecule has 0 N–H and O–H groups in total. The van der Waals surface area contributed by atoms with Crippen molar-refractivity contribution in [1.82, 2.24) is 9.13 Å². The lowest BCUT2D eigenvalue weighted by Crippen LogP contribution is -1.94. The summed E-state index contributed by atoms with van der Waals surface area (Å²) in [6.07, 6.45) is 0.914. The Morgan fingerprint density at radius 2 is 1.17 bits per heavy atom. The molecule has 0 unspecified atom stereocenters. The number of nitrogens with zero attached hydrogens (tertiary/aromatic N) is 2. The molecule has 0 atom stereocenters. The molecule has 5 aromatic carbocycles. The van der Waals surface area contributed by atoms with Crippen molar-refractivity contribution in [1.29, 1.82) is 0 Å². The maximum Gasteiger partial charge on any atom is 0.0541 e. The molecular weight excluding hydrogens is 424 g/mol. The monoisotopic (exact) mass is 450 g/mol. The number of hydrogen-bond acceptors (Lipinski definition) is 0. The smallest absolute Gasteiger partial charge is 0.0541 e. The van der Waals surface area contributed by atoms with Crippen molar-refractivity contribution in [3.05, 3.63) is 126 Å². The Morgan fingerprint density at radius 3 is 2.06 bits per heavy atom. The van der Waals surface area contributed by atoms with Crippen LogP contribution in [0.2, 0.25) is 0 Å². The second kappa shape index (κ2) is 7.61. The Hall–Kier alpha value is -4.30. The van der Waals surface area contributed by atoms with Gasteiger partial charge in [-0.3, -0.25) is 0 Å². The summed E-state index contributed by atoms with van der Waals surface area (Å²) < 4.78 is 4.70. The van der Waals surface area contributed by atoms with E-state index in [9.17, 15) is 0 Å². The van der Waals surface area contributed by atoms with Gasteiger partial charge < -0.3 is 9.13 Å². The Kier molecular flexibility index (Phi) is 4.37. The minimum absolute atomic E-state index is 0.914. The minimum Gasteiger partial charge on any atom is -0.344 e. The van der Waals surface area contributed by atoms with Gasteiger partial charge in [-0.25, -0.2) is 0 Å². The summed E-state index contributed by atoms with van der Waals surface area (Å²) in [5.41, 5.74) is 10.3. The summed E-state index contributed by atoms with van der Waals surface area (Å²) in [7, 11) is 2.17. The molecule has 7 rings (SSSR count). The van der Waals surface area contributed by atoms with Crippen LogP contribution in [0.4, 0.5) is 0 Å². The van der Waals surface area contributed by atoms with Crippen LogP contribution in [0.5, 0.6) is 0 Å². The predicted molar refractivity (Wildman–Crippen MR) is 149 cm³/mol. The van der Waals surface area contributed by atoms with E-state index < -0.39 is 0 Å². The molecular formula is C33H26N2. The van der Waals surface area contributed by atoms with Crippen LogP contribution in [0.3, 0.4) is 0 Å². The lowest BCUT2D eigenvalue weighted by molar-refractivity contribution is 1.01. The molecule has 0 saturated carbocycles. The molecule has 0 bridgehead atoms. The second-order valence-electron chi connectivity index (χ2n) is 9.65. The van der Waals surface area contributed by atoms with Crippen LogP contribution in [0, 0.1) is 6.92 Å². The topological polar surface area (TPSA) is 9.86 Å². The van der Waals surface area contributed by atoms with E-state index in [1.807, 2.05) is 0 Å². The molecule has 0 aliphatic heterocycles. The lowest BCUT2D eigenvalue weighted by atomic mass is 10.0. The quantitative estimate of drug-likeness (QED) is 0.256. The predicted octanol–water partition coefficient (Wildman–Crippen LogP) is 8.33. The van der Waals surface area contributed by atoms with Gasteiger partial charge >= 0.3 is 0 Å². The molecule has 2 nitrogen and oxygen atoms in total. The molecule has 0 aliphatic carbocycles. The van der Waals surface area contributed by atoms with Crippen molar-refractivity contribution in [3.63, 3.8) is 0 Å². The zero-order valence-corrected chi connectivity index (χ0v) is 20.0. The first-order chi connectivity index (χ1) is 17.2. The number of fused-ring (bicyclic) bond motifs is 6. The van der Waals surface area contributed by atoms with E-state index in [1.54, 1.807) is 0 Å². The average Bonchev–Trinajstić information content (AvgIpc) is 3.36. The third-order valence-electron chi connectivity index (χ3n) is 7.39. The lowest BCUT2D eigenvalue weighted by Gasteiger charge is -2.08. The number of rotatable bonds is 3. The van der Waals surface area contributed by atoms with Gasteiger partial charge in [-0.05, 0) is 73.0 Å². The highest BCUT2D eigenvalue weighted by atomic mass is 15.0. The molecule has 0 radical (unpaired) electrons. The van der Waals surface area contributed by atoms with Gasteiger partial charge in [0.15, 0.2) is 0 Å². The third kappa shape index (κ3) is 3.10. The van der Waals surface area contributed by atoms with Gasteiger partial charge in [0.1, 0.15) is 0 Å². The molecule has 0 amide bonds. The van der Waals surface area contributed by atoms with Crippen molar-refractivity contribution in [2.24, 2.45) is 7.05 Å². The molecule has 0 aliphatic rings. The molecule has 2 heteroatoms. The SMILES string of the molecule is Cc1ccc2c(c1)c1ccc(Cc3ccc4c(c3)c3ccccc3n4-c3ccccc3)cc1n2C. The van der Waals surface area contributed by atoms with E-state index in [-0.39, 0.29) is 0 Å². The van der Waals surface area contributed by atoms with E-state index in [4.69, 9.17) is 0 Å². The molecule has 7 aromatic rings. The standard InChI is InChI=1S/C33H26N2/c1-22-12-16-30-28(18-22)27-15-13-24(21-33(27)34(30)2)19-23-14-17-32-29(20-23)26-10-6-7-11-31(26)35(32)25-8-4-3-5-9-25/h3-18,20-21H,19H2,1-2H3. The molecule has 0 spiro atoms. The summed E-state index contributed by atoms with van der Waals surface area (Å²) >= 11 is 0. The van der Waals surface area contributed by atoms with Gasteiger partial charge in [-0.2, -0.15) is 0 Å². The fraction of sp³-hybridized carbons (Fsp3) is 0.0909. The largest absolute Gasteiger partial charge is 0.344 e. The summed E-state index contributed by atoms with van der Waals surface area (Å²) in [6, 6.07) is 40.0. The van der Waals surface area contributed by atoms with Crippen LogP contribution in [-0.2, 0) is 13.5 Å². The van der Waals surface area contributed by atoms with Crippen molar-refractivity contribution in [2.75, 3.05) is 0 Å². The zero-order valence-electron chi connectivity index (χ0n) is 20.0. The van der Waals surface area contributed by atoms with Gasteiger partial charge in [-0.15, -0.1) is 0 Å². The maximum atomic E-state index is 2.38. The molecule has 2 heterocycles. The van der Waals surface area contributed by atoms with E-state index in [2.05, 4.69) is 132 Å². The average molecular weight is 451 g/mol. The van der Waals surface area contributed by atoms with Crippen LogP contribution in [0.25, 0.3) is 49.3 Å². The van der Waals surface area contributed by atoms with E-state index in [0.29, 0.717) is 0 Å². The molecule has 2 aromatic heterocycles. The Balaban J connectivity index is 1.35. The fourth-order valence-corrected chi connectivity index (χ4v) is 5.70. The highest BCUT2D eigenvalue weighted by Crippen LogP contribution is 2.34. The fourth-order valence-electron chi connectivity index (χ4n) is 5.70. The number of hydrogen-bond donors (Lipinski definition) is 0. The zero-order chi connectivity index (χ0) is 23.5. The molecule has 168 valence electrons. The normalized spacial score (nSPS) is 11.8. The summed E-state index contributed by atoms with van der Waals surface area (Å²) in [5.74, 6) is 0. The summed E-state index contributed by atoms with van der Waals surface area (Å²) in [6.45, 7) is 2.16. The van der Waals surface area contributed by atoms with Gasteiger partial charge in [-0.1, -0.05) is 66.2 Å². The van der Waals surface area contributed by atoms with Crippen LogP contribution in [0.15, 0.2) is 109 Å². The van der Waals surface area contributed by atoms with Crippen molar-refractivity contribution >= 4 is 43.6 Å². The first-order valence-corrected chi connectivity index (χ1v) is 12.2. The number of aryl methyl sites for hydroxylation is 2. The number of aromatic nitrogens is 2. The first-order valence-electron chi connectivity index (χ1n) is 12.2. The summed E-state index contributed by atoms with van der Waals surface area (Å²) in [4.78, 5) is 0. The van der Waals surface area contributed by atoms with Gasteiger partial charge in [0, 0.05) is 45.3 Å². The molecule has 0 fully saturated rings. The van der Waals surface area contributed by atoms with Crippen molar-refractivity contribution in [2.45, 2.75) is 13.3 Å². The van der Waals surface area contributed by atoms with Gasteiger partial charge in [0.05, 0.1) is 11.0 Å². The van der Waals surface area contributed by atoms with Gasteiger partial charge in [0.25, 0.3) is 0 Å². The summed E-state index contributed by atoms with van der Waals surface area (Å²) in [5, 5.41) is 5.27. The Bertz CT molecular complexity index is 1880. The number of para-hydroxylation sites is 2.